The molecule has 0 heterocycles. The van der Waals surface area contributed by atoms with Crippen LogP contribution < -0.4 is 0 Å². The van der Waals surface area contributed by atoms with Gasteiger partial charge in [-0.15, -0.1) is 0 Å². The number of hydrogen-bond donors (Lipinski definition) is 1. The largest absolute Gasteiger partial charge is 0.438 e. The molecule has 0 saturated heterocycles. The van der Waals surface area contributed by atoms with E-state index >= 15 is 0 Å². The van der Waals surface area contributed by atoms with Crippen LogP contribution in [0.3, 0.4) is 0 Å². The van der Waals surface area contributed by atoms with Crippen molar-refractivity contribution in [3.8, 4) is 0 Å². The number of rotatable bonds is 7. The topological polar surface area (TPSA) is 54.4 Å². The Balaban J connectivity index is 6.33. The van der Waals surface area contributed by atoms with E-state index in [4.69, 9.17) is 4.55 Å². The van der Waals surface area contributed by atoms with Crippen LogP contribution in [0.4, 0.5) is 61.5 Å². The minimum absolute atomic E-state index is 3.56. The summed E-state index contributed by atoms with van der Waals surface area (Å²) in [6, 6.07) is 0. The van der Waals surface area contributed by atoms with E-state index in [0.29, 0.717) is 0 Å². The summed E-state index contributed by atoms with van der Waals surface area (Å²) < 4.78 is 205. The zero-order valence-corrected chi connectivity index (χ0v) is 12.1. The Bertz CT molecular complexity index is 621. The van der Waals surface area contributed by atoms with E-state index in [1.807, 2.05) is 0 Å². The molecule has 0 spiro atoms. The Hall–Kier alpha value is -1.07. The van der Waals surface area contributed by atoms with E-state index in [1.54, 1.807) is 0 Å². The lowest BCUT2D eigenvalue weighted by molar-refractivity contribution is -0.398. The van der Waals surface area contributed by atoms with Crippen molar-refractivity contribution in [3.63, 3.8) is 0 Å². The van der Waals surface area contributed by atoms with Gasteiger partial charge in [0.05, 0.1) is 6.42 Å². The SMILES string of the molecule is O=S(=O)(O)C(F)(F)C(F)(F)C(F)(F)C(F)(F)C(F)(F)C(F)CC(F)(F)F. The summed E-state index contributed by atoms with van der Waals surface area (Å²) in [4.78, 5) is 0. The summed E-state index contributed by atoms with van der Waals surface area (Å²) in [5.74, 6) is -31.4. The van der Waals surface area contributed by atoms with Crippen LogP contribution in [0.25, 0.3) is 0 Å². The van der Waals surface area contributed by atoms with Crippen molar-refractivity contribution in [3.05, 3.63) is 0 Å². The van der Waals surface area contributed by atoms with Gasteiger partial charge in [-0.25, -0.2) is 4.39 Å². The third-order valence-corrected chi connectivity index (χ3v) is 3.61. The Morgan fingerprint density at radius 1 is 0.692 bits per heavy atom. The van der Waals surface area contributed by atoms with Gasteiger partial charge in [-0.3, -0.25) is 4.55 Å². The van der Waals surface area contributed by atoms with Crippen molar-refractivity contribution in [1.82, 2.24) is 0 Å². The van der Waals surface area contributed by atoms with Gasteiger partial charge in [-0.2, -0.15) is 65.5 Å². The minimum Gasteiger partial charge on any atom is -0.281 e. The third kappa shape index (κ3) is 3.65. The van der Waals surface area contributed by atoms with Gasteiger partial charge in [0.25, 0.3) is 0 Å². The summed E-state index contributed by atoms with van der Waals surface area (Å²) in [5.41, 5.74) is 0. The molecule has 158 valence electrons. The lowest BCUT2D eigenvalue weighted by Gasteiger charge is -2.39. The second-order valence-corrected chi connectivity index (χ2v) is 6.09. The smallest absolute Gasteiger partial charge is 0.281 e. The van der Waals surface area contributed by atoms with E-state index in [0.717, 1.165) is 0 Å². The maximum Gasteiger partial charge on any atom is 0.438 e. The molecule has 0 aliphatic carbocycles. The van der Waals surface area contributed by atoms with Crippen molar-refractivity contribution >= 4 is 10.1 Å². The number of halogens is 14. The molecule has 0 aromatic carbocycles. The lowest BCUT2D eigenvalue weighted by Crippen LogP contribution is -2.70. The first-order valence-electron chi connectivity index (χ1n) is 5.45. The van der Waals surface area contributed by atoms with Gasteiger partial charge in [-0.05, 0) is 0 Å². The average molecular weight is 446 g/mol. The number of hydrogen-bond acceptors (Lipinski definition) is 2. The molecule has 0 radical (unpaired) electrons. The second kappa shape index (κ2) is 6.23. The van der Waals surface area contributed by atoms with Gasteiger partial charge in [0, 0.05) is 0 Å². The van der Waals surface area contributed by atoms with Crippen LogP contribution in [0.1, 0.15) is 6.42 Å². The van der Waals surface area contributed by atoms with Crippen LogP contribution in [0.5, 0.6) is 0 Å². The summed E-state index contributed by atoms with van der Waals surface area (Å²) >= 11 is 0. The molecule has 1 unspecified atom stereocenters. The molecule has 26 heavy (non-hydrogen) atoms. The van der Waals surface area contributed by atoms with Gasteiger partial charge in [-0.1, -0.05) is 0 Å². The van der Waals surface area contributed by atoms with E-state index in [2.05, 4.69) is 0 Å². The summed E-state index contributed by atoms with van der Waals surface area (Å²) in [7, 11) is -7.61. The molecule has 0 saturated carbocycles. The van der Waals surface area contributed by atoms with E-state index in [1.165, 1.54) is 0 Å². The van der Waals surface area contributed by atoms with Crippen molar-refractivity contribution in [2.24, 2.45) is 0 Å². The standard InChI is InChI=1S/C8H4F14O3S/c9-2(1-3(10,11)12)4(13,14)5(15,16)6(17,18)7(19,20)8(21,22)26(23,24)25/h2H,1H2,(H,23,24,25). The molecular weight excluding hydrogens is 442 g/mol. The summed E-state index contributed by atoms with van der Waals surface area (Å²) in [6.07, 6.45) is -14.9. The van der Waals surface area contributed by atoms with Crippen LogP contribution in [0.15, 0.2) is 0 Å². The third-order valence-electron chi connectivity index (χ3n) is 2.70. The molecule has 3 nitrogen and oxygen atoms in total. The highest BCUT2D eigenvalue weighted by molar-refractivity contribution is 7.87. The number of alkyl halides is 14. The molecule has 0 aliphatic rings. The van der Waals surface area contributed by atoms with Gasteiger partial charge in [0.2, 0.25) is 0 Å². The molecule has 0 bridgehead atoms. The molecule has 1 atom stereocenters. The fourth-order valence-corrected chi connectivity index (χ4v) is 1.73. The molecule has 0 rings (SSSR count). The predicted molar refractivity (Wildman–Crippen MR) is 51.9 cm³/mol. The fraction of sp³-hybridized carbons (Fsp3) is 1.00. The maximum absolute atomic E-state index is 13.0. The first kappa shape index (κ1) is 24.9. The normalized spacial score (nSPS) is 17.3. The van der Waals surface area contributed by atoms with Crippen molar-refractivity contribution in [2.75, 3.05) is 0 Å². The Labute approximate surface area is 133 Å². The molecule has 1 N–H and O–H groups in total. The molecule has 0 fully saturated rings. The Morgan fingerprint density at radius 3 is 1.31 bits per heavy atom. The van der Waals surface area contributed by atoms with Crippen LogP contribution in [-0.2, 0) is 10.1 Å². The first-order chi connectivity index (χ1) is 10.9. The zero-order chi connectivity index (χ0) is 21.8. The molecule has 0 amide bonds. The van der Waals surface area contributed by atoms with E-state index < -0.39 is 57.8 Å². The predicted octanol–water partition coefficient (Wildman–Crippen LogP) is 4.30. The van der Waals surface area contributed by atoms with Gasteiger partial charge in [0.15, 0.2) is 6.17 Å². The van der Waals surface area contributed by atoms with Crippen LogP contribution in [-0.4, -0.2) is 54.3 Å². The lowest BCUT2D eigenvalue weighted by atomic mass is 9.94. The van der Waals surface area contributed by atoms with E-state index in [9.17, 15) is 69.9 Å². The highest BCUT2D eigenvalue weighted by Crippen LogP contribution is 2.59. The van der Waals surface area contributed by atoms with Crippen LogP contribution in [0, 0.1) is 0 Å². The van der Waals surface area contributed by atoms with Crippen LogP contribution >= 0.6 is 0 Å². The fourth-order valence-electron chi connectivity index (χ4n) is 1.28. The molecular formula is C8H4F14O3S. The van der Waals surface area contributed by atoms with Gasteiger partial charge < -0.3 is 0 Å². The maximum atomic E-state index is 13.0. The summed E-state index contributed by atoms with van der Waals surface area (Å²) in [6.45, 7) is 0. The Morgan fingerprint density at radius 2 is 1.04 bits per heavy atom. The highest BCUT2D eigenvalue weighted by Gasteiger charge is 2.89. The van der Waals surface area contributed by atoms with Crippen molar-refractivity contribution < 1.29 is 74.4 Å². The van der Waals surface area contributed by atoms with Gasteiger partial charge >= 0.3 is 45.2 Å². The summed E-state index contributed by atoms with van der Waals surface area (Å²) in [5, 5.41) is -7.50. The second-order valence-electron chi connectivity index (χ2n) is 4.62. The van der Waals surface area contributed by atoms with Crippen LogP contribution in [0.2, 0.25) is 0 Å². The van der Waals surface area contributed by atoms with Crippen molar-refractivity contribution in [1.29, 1.82) is 0 Å². The monoisotopic (exact) mass is 446 g/mol. The van der Waals surface area contributed by atoms with Crippen molar-refractivity contribution in [2.45, 2.75) is 47.7 Å². The quantitative estimate of drug-likeness (QED) is 0.469. The minimum atomic E-state index is -8.14. The highest BCUT2D eigenvalue weighted by atomic mass is 32.2. The molecule has 18 heteroatoms. The molecule has 0 aliphatic heterocycles. The Kier molecular flexibility index (Phi) is 5.98. The first-order valence-corrected chi connectivity index (χ1v) is 6.89. The van der Waals surface area contributed by atoms with E-state index in [-0.39, 0.29) is 0 Å². The molecule has 0 aromatic heterocycles. The van der Waals surface area contributed by atoms with Gasteiger partial charge in [0.1, 0.15) is 0 Å². The zero-order valence-electron chi connectivity index (χ0n) is 11.2. The molecule has 0 aromatic rings. The average Bonchev–Trinajstić information content (AvgIpc) is 2.34.